The summed E-state index contributed by atoms with van der Waals surface area (Å²) in [5.41, 5.74) is 11.3. The monoisotopic (exact) mass is 238 g/mol. The van der Waals surface area contributed by atoms with E-state index in [0.717, 1.165) is 0 Å². The van der Waals surface area contributed by atoms with Crippen LogP contribution in [0.5, 0.6) is 11.5 Å². The highest BCUT2D eigenvalue weighted by molar-refractivity contribution is 5.55. The number of ether oxygens (including phenoxy) is 1. The van der Waals surface area contributed by atoms with Gasteiger partial charge in [-0.25, -0.2) is 0 Å². The summed E-state index contributed by atoms with van der Waals surface area (Å²) in [5.74, 6) is 0.733. The van der Waals surface area contributed by atoms with Crippen molar-refractivity contribution in [3.05, 3.63) is 18.2 Å². The molecule has 1 aliphatic carbocycles. The van der Waals surface area contributed by atoms with Crippen LogP contribution in [0, 0.1) is 0 Å². The smallest absolute Gasteiger partial charge is 0.138 e. The number of nitrogen functional groups attached to an aromatic ring is 1. The maximum atomic E-state index is 8.96. The van der Waals surface area contributed by atoms with Crippen molar-refractivity contribution in [3.63, 3.8) is 0 Å². The van der Waals surface area contributed by atoms with E-state index in [-0.39, 0.29) is 5.75 Å². The molecule has 0 spiro atoms. The highest BCUT2D eigenvalue weighted by Crippen LogP contribution is 2.24. The Morgan fingerprint density at radius 2 is 1.88 bits per heavy atom. The lowest BCUT2D eigenvalue weighted by molar-refractivity contribution is 0.413. The number of hydrogen-bond donors (Lipinski definition) is 3. The highest BCUT2D eigenvalue weighted by atomic mass is 16.5. The second kappa shape index (κ2) is 7.01. The highest BCUT2D eigenvalue weighted by Gasteiger charge is 2.06. The van der Waals surface area contributed by atoms with Crippen LogP contribution in [-0.2, 0) is 0 Å². The fourth-order valence-electron chi connectivity index (χ4n) is 1.79. The van der Waals surface area contributed by atoms with Gasteiger partial charge in [0.25, 0.3) is 0 Å². The molecule has 1 aromatic carbocycles. The Hall–Kier alpha value is -1.42. The average molecular weight is 238 g/mol. The molecule has 0 radical (unpaired) electrons. The van der Waals surface area contributed by atoms with Gasteiger partial charge in [-0.3, -0.25) is 0 Å². The van der Waals surface area contributed by atoms with Crippen LogP contribution in [0.15, 0.2) is 18.2 Å². The number of phenolic OH excluding ortho intramolecular Hbond substituents is 1. The van der Waals surface area contributed by atoms with Crippen molar-refractivity contribution < 1.29 is 9.84 Å². The minimum absolute atomic E-state index is 0.0841. The second-order valence-corrected chi connectivity index (χ2v) is 4.32. The first-order chi connectivity index (χ1) is 8.13. The van der Waals surface area contributed by atoms with Gasteiger partial charge in [0.1, 0.15) is 11.5 Å². The van der Waals surface area contributed by atoms with E-state index >= 15 is 0 Å². The van der Waals surface area contributed by atoms with Crippen molar-refractivity contribution in [2.24, 2.45) is 5.73 Å². The number of methoxy groups -OCH3 is 1. The van der Waals surface area contributed by atoms with E-state index in [1.54, 1.807) is 19.2 Å². The summed E-state index contributed by atoms with van der Waals surface area (Å²) in [4.78, 5) is 0. The van der Waals surface area contributed by atoms with Crippen LogP contribution in [-0.4, -0.2) is 18.3 Å². The molecule has 1 saturated carbocycles. The summed E-state index contributed by atoms with van der Waals surface area (Å²) < 4.78 is 4.86. The Morgan fingerprint density at radius 3 is 2.29 bits per heavy atom. The summed E-state index contributed by atoms with van der Waals surface area (Å²) in [5, 5.41) is 8.96. The van der Waals surface area contributed by atoms with Crippen LogP contribution < -0.4 is 16.2 Å². The Morgan fingerprint density at radius 1 is 1.24 bits per heavy atom. The van der Waals surface area contributed by atoms with Crippen molar-refractivity contribution in [2.75, 3.05) is 12.8 Å². The Labute approximate surface area is 103 Å². The molecule has 5 N–H and O–H groups in total. The van der Waals surface area contributed by atoms with Gasteiger partial charge in [-0.05, 0) is 25.0 Å². The Balaban J connectivity index is 0.000000181. The van der Waals surface area contributed by atoms with Gasteiger partial charge < -0.3 is 21.3 Å². The zero-order valence-electron chi connectivity index (χ0n) is 10.4. The molecule has 96 valence electrons. The maximum Gasteiger partial charge on any atom is 0.138 e. The average Bonchev–Trinajstić information content (AvgIpc) is 2.34. The SMILES string of the molecule is COc1ccc(O)c(N)c1.NC1CCCCC1. The van der Waals surface area contributed by atoms with E-state index < -0.39 is 0 Å². The fraction of sp³-hybridized carbons (Fsp3) is 0.538. The molecule has 4 heteroatoms. The molecule has 17 heavy (non-hydrogen) atoms. The number of benzene rings is 1. The lowest BCUT2D eigenvalue weighted by Gasteiger charge is -2.15. The molecule has 0 saturated heterocycles. The molecule has 0 heterocycles. The third-order valence-electron chi connectivity index (χ3n) is 2.88. The van der Waals surface area contributed by atoms with Crippen molar-refractivity contribution in [1.29, 1.82) is 0 Å². The molecule has 0 unspecified atom stereocenters. The van der Waals surface area contributed by atoms with E-state index in [0.29, 0.717) is 17.5 Å². The van der Waals surface area contributed by atoms with Gasteiger partial charge in [-0.2, -0.15) is 0 Å². The number of rotatable bonds is 1. The third-order valence-corrected chi connectivity index (χ3v) is 2.88. The zero-order valence-corrected chi connectivity index (χ0v) is 10.4. The molecule has 0 amide bonds. The first kappa shape index (κ1) is 13.6. The standard InChI is InChI=1S/C7H9NO2.C6H13N/c1-10-5-2-3-7(9)6(8)4-5;7-6-4-2-1-3-5-6/h2-4,9H,8H2,1H3;6H,1-5,7H2. The van der Waals surface area contributed by atoms with Crippen molar-refractivity contribution in [1.82, 2.24) is 0 Å². The molecule has 0 atom stereocenters. The predicted octanol–water partition coefficient (Wildman–Crippen LogP) is 2.26. The van der Waals surface area contributed by atoms with Gasteiger partial charge in [-0.1, -0.05) is 19.3 Å². The van der Waals surface area contributed by atoms with Crippen LogP contribution in [0.3, 0.4) is 0 Å². The third kappa shape index (κ3) is 4.95. The van der Waals surface area contributed by atoms with Crippen molar-refractivity contribution in [2.45, 2.75) is 38.1 Å². The number of aromatic hydroxyl groups is 1. The number of hydrogen-bond acceptors (Lipinski definition) is 4. The van der Waals surface area contributed by atoms with E-state index in [4.69, 9.17) is 21.3 Å². The van der Waals surface area contributed by atoms with E-state index in [2.05, 4.69) is 0 Å². The minimum atomic E-state index is 0.0841. The van der Waals surface area contributed by atoms with Gasteiger partial charge in [0.2, 0.25) is 0 Å². The molecular formula is C13H22N2O2. The number of anilines is 1. The number of phenols is 1. The summed E-state index contributed by atoms with van der Waals surface area (Å²) in [6.07, 6.45) is 6.66. The molecule has 1 fully saturated rings. The van der Waals surface area contributed by atoms with Crippen LogP contribution >= 0.6 is 0 Å². The van der Waals surface area contributed by atoms with Gasteiger partial charge >= 0.3 is 0 Å². The van der Waals surface area contributed by atoms with Gasteiger partial charge in [0.05, 0.1) is 12.8 Å². The minimum Gasteiger partial charge on any atom is -0.506 e. The van der Waals surface area contributed by atoms with Crippen molar-refractivity contribution >= 4 is 5.69 Å². The molecule has 4 nitrogen and oxygen atoms in total. The Kier molecular flexibility index (Phi) is 5.63. The van der Waals surface area contributed by atoms with Gasteiger partial charge in [-0.15, -0.1) is 0 Å². The van der Waals surface area contributed by atoms with Gasteiger partial charge in [0.15, 0.2) is 0 Å². The predicted molar refractivity (Wildman–Crippen MR) is 70.1 cm³/mol. The molecule has 0 aromatic heterocycles. The summed E-state index contributed by atoms with van der Waals surface area (Å²) in [6, 6.07) is 5.24. The van der Waals surface area contributed by atoms with Crippen LogP contribution in [0.2, 0.25) is 0 Å². The number of nitrogens with two attached hydrogens (primary N) is 2. The Bertz CT molecular complexity index is 336. The summed E-state index contributed by atoms with van der Waals surface area (Å²) in [7, 11) is 1.55. The van der Waals surface area contributed by atoms with Crippen LogP contribution in [0.25, 0.3) is 0 Å². The molecule has 2 rings (SSSR count). The maximum absolute atomic E-state index is 8.96. The first-order valence-corrected chi connectivity index (χ1v) is 6.01. The molecular weight excluding hydrogens is 216 g/mol. The van der Waals surface area contributed by atoms with Crippen molar-refractivity contribution in [3.8, 4) is 11.5 Å². The van der Waals surface area contributed by atoms with E-state index in [9.17, 15) is 0 Å². The molecule has 1 aliphatic rings. The van der Waals surface area contributed by atoms with E-state index in [1.165, 1.54) is 38.2 Å². The van der Waals surface area contributed by atoms with Crippen LogP contribution in [0.1, 0.15) is 32.1 Å². The largest absolute Gasteiger partial charge is 0.506 e. The molecule has 0 bridgehead atoms. The zero-order chi connectivity index (χ0) is 12.7. The molecule has 1 aromatic rings. The fourth-order valence-corrected chi connectivity index (χ4v) is 1.79. The first-order valence-electron chi connectivity index (χ1n) is 6.01. The lowest BCUT2D eigenvalue weighted by atomic mass is 9.97. The summed E-state index contributed by atoms with van der Waals surface area (Å²) >= 11 is 0. The second-order valence-electron chi connectivity index (χ2n) is 4.32. The quantitative estimate of drug-likeness (QED) is 0.518. The topological polar surface area (TPSA) is 81.5 Å². The molecule has 0 aliphatic heterocycles. The van der Waals surface area contributed by atoms with E-state index in [1.807, 2.05) is 0 Å². The normalized spacial score (nSPS) is 15.9. The van der Waals surface area contributed by atoms with Gasteiger partial charge in [0, 0.05) is 12.1 Å². The van der Waals surface area contributed by atoms with Crippen LogP contribution in [0.4, 0.5) is 5.69 Å². The lowest BCUT2D eigenvalue weighted by Crippen LogP contribution is -2.22. The summed E-state index contributed by atoms with van der Waals surface area (Å²) in [6.45, 7) is 0.